The van der Waals surface area contributed by atoms with Crippen molar-refractivity contribution in [1.82, 2.24) is 0 Å². The first-order valence-corrected chi connectivity index (χ1v) is 8.61. The third kappa shape index (κ3) is 5.02. The lowest BCUT2D eigenvalue weighted by Gasteiger charge is -2.16. The van der Waals surface area contributed by atoms with Crippen LogP contribution in [0.4, 0.5) is 0 Å². The van der Waals surface area contributed by atoms with E-state index >= 15 is 0 Å². The number of allylic oxidation sites excluding steroid dienone is 1. The molecule has 0 aliphatic heterocycles. The van der Waals surface area contributed by atoms with Crippen molar-refractivity contribution >= 4 is 11.0 Å². The topological polar surface area (TPSA) is 78.1 Å². The second-order valence-corrected chi connectivity index (χ2v) is 6.42. The summed E-state index contributed by atoms with van der Waals surface area (Å²) in [5.41, 5.74) is 0.959. The Labute approximate surface area is 153 Å². The van der Waals surface area contributed by atoms with E-state index in [1.807, 2.05) is 26.8 Å². The lowest BCUT2D eigenvalue weighted by atomic mass is 10.1. The van der Waals surface area contributed by atoms with Gasteiger partial charge in [-0.15, -0.1) is 0 Å². The van der Waals surface area contributed by atoms with E-state index in [2.05, 4.69) is 0 Å². The Morgan fingerprint density at radius 2 is 2.04 bits per heavy atom. The van der Waals surface area contributed by atoms with Crippen LogP contribution in [0.15, 0.2) is 39.1 Å². The molecule has 0 saturated heterocycles. The lowest BCUT2D eigenvalue weighted by Crippen LogP contribution is -2.09. The molecule has 2 aromatic rings. The number of hydrogen-bond donors (Lipinski definition) is 1. The first kappa shape index (κ1) is 19.8. The van der Waals surface area contributed by atoms with Gasteiger partial charge < -0.3 is 23.7 Å². The average Bonchev–Trinajstić information content (AvgIpc) is 2.61. The fraction of sp³-hybridized carbons (Fsp3) is 0.450. The smallest absolute Gasteiger partial charge is 0.336 e. The highest BCUT2D eigenvalue weighted by Crippen LogP contribution is 2.41. The summed E-state index contributed by atoms with van der Waals surface area (Å²) in [6.07, 6.45) is 2.62. The second kappa shape index (κ2) is 9.29. The number of rotatable bonds is 9. The summed E-state index contributed by atoms with van der Waals surface area (Å²) in [4.78, 5) is 11.7. The quantitative estimate of drug-likeness (QED) is 0.543. The van der Waals surface area contributed by atoms with Crippen molar-refractivity contribution in [2.75, 3.05) is 26.9 Å². The molecule has 26 heavy (non-hydrogen) atoms. The number of aliphatic hydroxyl groups excluding tert-OH is 1. The highest BCUT2D eigenvalue weighted by molar-refractivity contribution is 5.91. The number of methoxy groups -OCH3 is 1. The Hall–Kier alpha value is -2.47. The van der Waals surface area contributed by atoms with Crippen LogP contribution in [0.1, 0.15) is 27.2 Å². The zero-order valence-electron chi connectivity index (χ0n) is 15.7. The van der Waals surface area contributed by atoms with E-state index in [4.69, 9.17) is 23.7 Å². The highest BCUT2D eigenvalue weighted by atomic mass is 16.5. The largest absolute Gasteiger partial charge is 0.493 e. The minimum absolute atomic E-state index is 0.0907. The van der Waals surface area contributed by atoms with Crippen LogP contribution in [-0.2, 0) is 0 Å². The van der Waals surface area contributed by atoms with E-state index in [1.54, 1.807) is 12.1 Å². The maximum Gasteiger partial charge on any atom is 0.336 e. The van der Waals surface area contributed by atoms with Gasteiger partial charge in [0.25, 0.3) is 0 Å². The van der Waals surface area contributed by atoms with E-state index in [0.717, 1.165) is 5.57 Å². The van der Waals surface area contributed by atoms with Crippen LogP contribution in [0.5, 0.6) is 17.2 Å². The average molecular weight is 362 g/mol. The first-order chi connectivity index (χ1) is 12.5. The van der Waals surface area contributed by atoms with Gasteiger partial charge >= 0.3 is 5.63 Å². The minimum atomic E-state index is -0.477. The molecule has 0 fully saturated rings. The molecule has 0 bridgehead atoms. The molecular weight excluding hydrogens is 336 g/mol. The van der Waals surface area contributed by atoms with Crippen LogP contribution in [0.2, 0.25) is 0 Å². The summed E-state index contributed by atoms with van der Waals surface area (Å²) in [5, 5.41) is 9.77. The van der Waals surface area contributed by atoms with Crippen molar-refractivity contribution in [3.05, 3.63) is 40.3 Å². The molecule has 0 spiro atoms. The highest BCUT2D eigenvalue weighted by Gasteiger charge is 2.18. The molecule has 6 nitrogen and oxygen atoms in total. The van der Waals surface area contributed by atoms with Crippen LogP contribution in [0, 0.1) is 5.92 Å². The zero-order chi connectivity index (χ0) is 19.1. The molecule has 1 aromatic heterocycles. The van der Waals surface area contributed by atoms with Crippen molar-refractivity contribution in [3.8, 4) is 17.2 Å². The van der Waals surface area contributed by atoms with Gasteiger partial charge in [-0.2, -0.15) is 0 Å². The third-order valence-corrected chi connectivity index (χ3v) is 3.91. The Balaban J connectivity index is 2.42. The molecule has 2 rings (SSSR count). The molecule has 142 valence electrons. The van der Waals surface area contributed by atoms with E-state index in [-0.39, 0.29) is 12.5 Å². The van der Waals surface area contributed by atoms with Crippen molar-refractivity contribution in [1.29, 1.82) is 0 Å². The summed E-state index contributed by atoms with van der Waals surface area (Å²) < 4.78 is 22.4. The van der Waals surface area contributed by atoms with Crippen LogP contribution in [0.25, 0.3) is 11.0 Å². The summed E-state index contributed by atoms with van der Waals surface area (Å²) in [6, 6.07) is 4.73. The molecule has 1 atom stereocenters. The summed E-state index contributed by atoms with van der Waals surface area (Å²) in [5.74, 6) is 1.45. The number of ether oxygens (including phenoxy) is 3. The van der Waals surface area contributed by atoms with Crippen LogP contribution >= 0.6 is 0 Å². The van der Waals surface area contributed by atoms with Crippen molar-refractivity contribution < 1.29 is 23.7 Å². The molecule has 0 aliphatic carbocycles. The number of hydrogen-bond acceptors (Lipinski definition) is 6. The fourth-order valence-electron chi connectivity index (χ4n) is 2.31. The Kier molecular flexibility index (Phi) is 7.09. The zero-order valence-corrected chi connectivity index (χ0v) is 15.7. The monoisotopic (exact) mass is 362 g/mol. The van der Waals surface area contributed by atoms with Crippen molar-refractivity contribution in [3.63, 3.8) is 0 Å². The molecule has 0 amide bonds. The van der Waals surface area contributed by atoms with Gasteiger partial charge in [-0.25, -0.2) is 4.79 Å². The summed E-state index contributed by atoms with van der Waals surface area (Å²) in [6.45, 7) is 6.76. The minimum Gasteiger partial charge on any atom is -0.493 e. The number of aliphatic hydroxyl groups is 1. The van der Waals surface area contributed by atoms with E-state index < -0.39 is 5.63 Å². The van der Waals surface area contributed by atoms with Crippen molar-refractivity contribution in [2.45, 2.75) is 27.2 Å². The molecule has 6 heteroatoms. The van der Waals surface area contributed by atoms with E-state index in [9.17, 15) is 4.79 Å². The van der Waals surface area contributed by atoms with Gasteiger partial charge in [0.2, 0.25) is 5.75 Å². The van der Waals surface area contributed by atoms with Gasteiger partial charge in [0.15, 0.2) is 11.3 Å². The maximum absolute atomic E-state index is 11.7. The molecule has 1 N–H and O–H groups in total. The van der Waals surface area contributed by atoms with Gasteiger partial charge in [-0.3, -0.25) is 0 Å². The fourth-order valence-corrected chi connectivity index (χ4v) is 2.31. The maximum atomic E-state index is 11.7. The Morgan fingerprint density at radius 1 is 1.27 bits per heavy atom. The van der Waals surface area contributed by atoms with Crippen molar-refractivity contribution in [2.24, 2.45) is 5.92 Å². The van der Waals surface area contributed by atoms with Crippen LogP contribution in [-0.4, -0.2) is 32.0 Å². The number of benzene rings is 1. The Bertz CT molecular complexity index is 817. The van der Waals surface area contributed by atoms with E-state index in [0.29, 0.717) is 47.9 Å². The van der Waals surface area contributed by atoms with Crippen LogP contribution in [0.3, 0.4) is 0 Å². The third-order valence-electron chi connectivity index (χ3n) is 3.91. The SMILES string of the molecule is COc1cc(OCC=C(C)C)c2ccc(=O)oc2c1OCCC(C)CO. The molecule has 1 aromatic carbocycles. The van der Waals surface area contributed by atoms with Gasteiger partial charge in [-0.1, -0.05) is 12.5 Å². The van der Waals surface area contributed by atoms with Gasteiger partial charge in [0, 0.05) is 18.7 Å². The normalized spacial score (nSPS) is 11.9. The van der Waals surface area contributed by atoms with Gasteiger partial charge in [0.05, 0.1) is 19.1 Å². The molecular formula is C20H26O6. The van der Waals surface area contributed by atoms with E-state index in [1.165, 1.54) is 13.2 Å². The predicted octanol–water partition coefficient (Wildman–Crippen LogP) is 3.54. The van der Waals surface area contributed by atoms with Gasteiger partial charge in [-0.05, 0) is 38.3 Å². The molecule has 1 heterocycles. The standard InChI is InChI=1S/C20H26O6/c1-13(2)7-9-24-16-11-17(23-4)20(25-10-8-14(3)12-21)19-15(16)5-6-18(22)26-19/h5-7,11,14,21H,8-10,12H2,1-4H3. The Morgan fingerprint density at radius 3 is 2.69 bits per heavy atom. The predicted molar refractivity (Wildman–Crippen MR) is 100 cm³/mol. The van der Waals surface area contributed by atoms with Gasteiger partial charge in [0.1, 0.15) is 12.4 Å². The molecule has 0 saturated carbocycles. The lowest BCUT2D eigenvalue weighted by molar-refractivity contribution is 0.199. The van der Waals surface area contributed by atoms with Crippen LogP contribution < -0.4 is 19.8 Å². The summed E-state index contributed by atoms with van der Waals surface area (Å²) >= 11 is 0. The molecule has 1 unspecified atom stereocenters. The summed E-state index contributed by atoms with van der Waals surface area (Å²) in [7, 11) is 1.52. The number of fused-ring (bicyclic) bond motifs is 1. The molecule has 0 radical (unpaired) electrons. The second-order valence-electron chi connectivity index (χ2n) is 6.42. The first-order valence-electron chi connectivity index (χ1n) is 8.61. The molecule has 0 aliphatic rings.